The van der Waals surface area contributed by atoms with Gasteiger partial charge < -0.3 is 52.8 Å². The molecule has 60 heavy (non-hydrogen) atoms. The summed E-state index contributed by atoms with van der Waals surface area (Å²) in [4.78, 5) is 43.0. The predicted octanol–water partition coefficient (Wildman–Crippen LogP) is 6.63. The Bertz CT molecular complexity index is 1840. The van der Waals surface area contributed by atoms with Crippen LogP contribution in [0.15, 0.2) is 66.7 Å². The molecular formula is C46H62N2O12. The molecule has 1 unspecified atom stereocenters. The summed E-state index contributed by atoms with van der Waals surface area (Å²) in [6, 6.07) is 15.6. The lowest BCUT2D eigenvalue weighted by Gasteiger charge is -2.37. The zero-order valence-corrected chi connectivity index (χ0v) is 36.2. The third-order valence-electron chi connectivity index (χ3n) is 10.1. The summed E-state index contributed by atoms with van der Waals surface area (Å²) in [7, 11) is 7.75. The summed E-state index contributed by atoms with van der Waals surface area (Å²) in [6.07, 6.45) is 2.69. The molecule has 1 heterocycles. The average molecular weight is 835 g/mol. The number of ether oxygens (including phenoxy) is 9. The number of amides is 2. The lowest BCUT2D eigenvalue weighted by atomic mass is 9.91. The second-order valence-corrected chi connectivity index (χ2v) is 14.4. The number of carbonyl (C=O) groups excluding carboxylic acids is 3. The van der Waals surface area contributed by atoms with E-state index < -0.39 is 24.0 Å². The van der Waals surface area contributed by atoms with Crippen LogP contribution in [0.1, 0.15) is 74.7 Å². The zero-order valence-electron chi connectivity index (χ0n) is 36.2. The monoisotopic (exact) mass is 834 g/mol. The summed E-state index contributed by atoms with van der Waals surface area (Å²) in [6.45, 7) is 9.81. The first-order chi connectivity index (χ1) is 29.1. The number of aryl methyl sites for hydroxylation is 1. The van der Waals surface area contributed by atoms with Gasteiger partial charge in [-0.1, -0.05) is 37.3 Å². The van der Waals surface area contributed by atoms with E-state index in [1.54, 1.807) is 49.5 Å². The van der Waals surface area contributed by atoms with Crippen LogP contribution >= 0.6 is 0 Å². The van der Waals surface area contributed by atoms with E-state index in [1.807, 2.05) is 38.1 Å². The van der Waals surface area contributed by atoms with Gasteiger partial charge >= 0.3 is 5.97 Å². The van der Waals surface area contributed by atoms with Crippen molar-refractivity contribution >= 4 is 17.8 Å². The summed E-state index contributed by atoms with van der Waals surface area (Å²) >= 11 is 0. The van der Waals surface area contributed by atoms with Crippen LogP contribution in [0.25, 0.3) is 0 Å². The van der Waals surface area contributed by atoms with E-state index in [9.17, 15) is 14.4 Å². The van der Waals surface area contributed by atoms with Gasteiger partial charge in [-0.3, -0.25) is 9.59 Å². The Morgan fingerprint density at radius 3 is 2.18 bits per heavy atom. The molecule has 2 amide bonds. The van der Waals surface area contributed by atoms with Crippen LogP contribution in [0, 0.1) is 0 Å². The molecule has 0 aliphatic carbocycles. The Morgan fingerprint density at radius 2 is 1.52 bits per heavy atom. The molecule has 1 fully saturated rings. The summed E-state index contributed by atoms with van der Waals surface area (Å²) in [5.41, 5.74) is 3.27. The quantitative estimate of drug-likeness (QED) is 0.0555. The van der Waals surface area contributed by atoms with Gasteiger partial charge in [0.25, 0.3) is 5.91 Å². The second-order valence-electron chi connectivity index (χ2n) is 14.4. The summed E-state index contributed by atoms with van der Waals surface area (Å²) in [5, 5.41) is 2.79. The number of hydrogen-bond acceptors (Lipinski definition) is 12. The number of likely N-dealkylation sites (tertiary alicyclic amines) is 1. The van der Waals surface area contributed by atoms with E-state index in [4.69, 9.17) is 42.6 Å². The van der Waals surface area contributed by atoms with Gasteiger partial charge in [0, 0.05) is 13.1 Å². The molecule has 3 aromatic rings. The van der Waals surface area contributed by atoms with E-state index in [2.05, 4.69) is 11.9 Å². The smallest absolute Gasteiger partial charge is 0.329 e. The van der Waals surface area contributed by atoms with Crippen LogP contribution in [-0.2, 0) is 35.0 Å². The van der Waals surface area contributed by atoms with Crippen molar-refractivity contribution in [2.24, 2.45) is 0 Å². The summed E-state index contributed by atoms with van der Waals surface area (Å²) in [5.74, 6) is 1.40. The lowest BCUT2D eigenvalue weighted by molar-refractivity contribution is -0.162. The molecule has 3 aromatic carbocycles. The minimum absolute atomic E-state index is 0.178. The summed E-state index contributed by atoms with van der Waals surface area (Å²) < 4.78 is 50.8. The van der Waals surface area contributed by atoms with Crippen molar-refractivity contribution in [1.82, 2.24) is 10.2 Å². The van der Waals surface area contributed by atoms with Crippen molar-refractivity contribution in [3.63, 3.8) is 0 Å². The number of esters is 1. The number of rotatable bonds is 25. The highest BCUT2D eigenvalue weighted by Crippen LogP contribution is 2.41. The first-order valence-corrected chi connectivity index (χ1v) is 20.4. The molecule has 4 rings (SSSR count). The molecule has 14 nitrogen and oxygen atoms in total. The zero-order chi connectivity index (χ0) is 43.4. The maximum Gasteiger partial charge on any atom is 0.329 e. The number of nitrogens with zero attached hydrogens (tertiary/aromatic N) is 1. The highest BCUT2D eigenvalue weighted by atomic mass is 16.6. The Labute approximate surface area is 354 Å². The first-order valence-electron chi connectivity index (χ1n) is 20.4. The SMILES string of the molecule is C=C(C)COCCOCCNC(=O)COc1cccc([C@@H](CCc2ccc(OC)c(OC)c2)OC(=O)[C@@H]2CCCCN2C(=O)C(CC)c2cc(OC)c(OC)c(OC)c2)c1. The molecule has 1 aliphatic rings. The highest BCUT2D eigenvalue weighted by molar-refractivity contribution is 5.89. The molecule has 0 bridgehead atoms. The lowest BCUT2D eigenvalue weighted by Crippen LogP contribution is -2.50. The maximum atomic E-state index is 14.4. The Morgan fingerprint density at radius 1 is 0.800 bits per heavy atom. The van der Waals surface area contributed by atoms with Crippen LogP contribution in [0.3, 0.4) is 0 Å². The molecule has 328 valence electrons. The number of methoxy groups -OCH3 is 5. The molecule has 0 spiro atoms. The van der Waals surface area contributed by atoms with Crippen LogP contribution in [0.4, 0.5) is 0 Å². The van der Waals surface area contributed by atoms with Crippen molar-refractivity contribution in [2.45, 2.75) is 70.4 Å². The Kier molecular flexibility index (Phi) is 19.3. The first kappa shape index (κ1) is 47.2. The predicted molar refractivity (Wildman–Crippen MR) is 227 cm³/mol. The molecule has 1 aliphatic heterocycles. The van der Waals surface area contributed by atoms with E-state index in [0.717, 1.165) is 24.0 Å². The molecular weight excluding hydrogens is 773 g/mol. The van der Waals surface area contributed by atoms with E-state index in [0.29, 0.717) is 111 Å². The van der Waals surface area contributed by atoms with Crippen molar-refractivity contribution < 1.29 is 57.0 Å². The van der Waals surface area contributed by atoms with Crippen LogP contribution in [-0.4, -0.2) is 110 Å². The van der Waals surface area contributed by atoms with Gasteiger partial charge in [-0.05, 0) is 98.5 Å². The molecule has 1 N–H and O–H groups in total. The average Bonchev–Trinajstić information content (AvgIpc) is 3.27. The van der Waals surface area contributed by atoms with Crippen LogP contribution in [0.2, 0.25) is 0 Å². The van der Waals surface area contributed by atoms with Crippen LogP contribution in [0.5, 0.6) is 34.5 Å². The molecule has 14 heteroatoms. The molecule has 0 aromatic heterocycles. The van der Waals surface area contributed by atoms with Gasteiger partial charge in [0.05, 0.1) is 67.9 Å². The number of benzene rings is 3. The topological polar surface area (TPSA) is 150 Å². The second kappa shape index (κ2) is 24.6. The van der Waals surface area contributed by atoms with Crippen molar-refractivity contribution in [3.05, 3.63) is 83.4 Å². The van der Waals surface area contributed by atoms with Crippen LogP contribution < -0.4 is 33.7 Å². The van der Waals surface area contributed by atoms with Gasteiger partial charge in [-0.25, -0.2) is 4.79 Å². The normalized spacial score (nSPS) is 14.7. The Balaban J connectivity index is 1.50. The van der Waals surface area contributed by atoms with Crippen molar-refractivity contribution in [2.75, 3.05) is 81.7 Å². The molecule has 0 saturated carbocycles. The fourth-order valence-corrected chi connectivity index (χ4v) is 7.08. The highest BCUT2D eigenvalue weighted by Gasteiger charge is 2.38. The van der Waals surface area contributed by atoms with E-state index in [1.165, 1.54) is 21.3 Å². The number of hydrogen-bond donors (Lipinski definition) is 1. The number of carbonyl (C=O) groups is 3. The Hall–Kier alpha value is -5.47. The number of piperidine rings is 1. The van der Waals surface area contributed by atoms with Gasteiger partial charge in [0.1, 0.15) is 17.9 Å². The fraction of sp³-hybridized carbons (Fsp3) is 0.500. The molecule has 0 radical (unpaired) electrons. The minimum Gasteiger partial charge on any atom is -0.493 e. The maximum absolute atomic E-state index is 14.4. The molecule has 3 atom stereocenters. The van der Waals surface area contributed by atoms with Gasteiger partial charge in [-0.15, -0.1) is 0 Å². The fourth-order valence-electron chi connectivity index (χ4n) is 7.08. The molecule has 1 saturated heterocycles. The third-order valence-corrected chi connectivity index (χ3v) is 10.1. The van der Waals surface area contributed by atoms with Gasteiger partial charge in [-0.2, -0.15) is 0 Å². The van der Waals surface area contributed by atoms with E-state index >= 15 is 0 Å². The van der Waals surface area contributed by atoms with Gasteiger partial charge in [0.2, 0.25) is 11.7 Å². The minimum atomic E-state index is -0.790. The largest absolute Gasteiger partial charge is 0.493 e. The van der Waals surface area contributed by atoms with E-state index in [-0.39, 0.29) is 18.4 Å². The van der Waals surface area contributed by atoms with Gasteiger partial charge in [0.15, 0.2) is 29.6 Å². The number of nitrogens with one attached hydrogen (secondary N) is 1. The standard InChI is InChI=1S/C46H62N2O12/c1-9-36(34-27-41(54-6)44(56-8)42(28-34)55-7)45(50)48-21-11-10-15-37(48)46(51)60-38(18-16-32-17-19-39(52-4)40(25-32)53-5)33-13-12-14-35(26-33)59-30-43(49)47-20-22-57-23-24-58-29-31(2)3/h12-14,17,19,25-28,36-38H,2,9-11,15-16,18,20-24,29-30H2,1,3-8H3,(H,47,49)/t36?,37-,38+/m0/s1. The third kappa shape index (κ3) is 13.5. The van der Waals surface area contributed by atoms with Crippen molar-refractivity contribution in [3.8, 4) is 34.5 Å². The van der Waals surface area contributed by atoms with Crippen molar-refractivity contribution in [1.29, 1.82) is 0 Å².